The fraction of sp³-hybridized carbons (Fsp3) is 0.833. The van der Waals surface area contributed by atoms with Gasteiger partial charge >= 0.3 is 6.09 Å². The first-order chi connectivity index (χ1) is 7.83. The van der Waals surface area contributed by atoms with Gasteiger partial charge in [-0.15, -0.1) is 0 Å². The monoisotopic (exact) mass is 242 g/mol. The Hall–Kier alpha value is -1.31. The molecule has 1 aliphatic rings. The predicted octanol–water partition coefficient (Wildman–Crippen LogP) is 2.50. The van der Waals surface area contributed by atoms with Crippen molar-refractivity contribution in [3.63, 3.8) is 0 Å². The number of hydrogen-bond acceptors (Lipinski definition) is 3. The second-order valence-electron chi connectivity index (χ2n) is 5.35. The van der Waals surface area contributed by atoms with Crippen molar-refractivity contribution in [3.8, 4) is 6.07 Å². The largest absolute Gasteiger partial charge is 0.444 e. The number of nitrogens with zero attached hydrogens (tertiary/aromatic N) is 2. The van der Waals surface area contributed by atoms with Crippen LogP contribution in [0, 0.1) is 17.2 Å². The minimum Gasteiger partial charge on any atom is -0.444 e. The van der Waals surface area contributed by atoms with E-state index in [1.54, 1.807) is 20.8 Å². The number of piperidine rings is 1. The van der Waals surface area contributed by atoms with Gasteiger partial charge in [0, 0.05) is 25.4 Å². The summed E-state index contributed by atoms with van der Waals surface area (Å²) in [5, 5.41) is 8.60. The molecule has 5 heteroatoms. The van der Waals surface area contributed by atoms with Gasteiger partial charge in [-0.2, -0.15) is 5.26 Å². The second-order valence-corrected chi connectivity index (χ2v) is 5.35. The van der Waals surface area contributed by atoms with Gasteiger partial charge in [-0.1, -0.05) is 0 Å². The molecule has 2 unspecified atom stereocenters. The fourth-order valence-electron chi connectivity index (χ4n) is 1.81. The van der Waals surface area contributed by atoms with E-state index in [1.165, 1.54) is 4.90 Å². The number of halogens is 1. The molecular weight excluding hydrogens is 223 g/mol. The number of hydrogen-bond donors (Lipinski definition) is 0. The third-order valence-corrected chi connectivity index (χ3v) is 2.65. The molecule has 1 amide bonds. The van der Waals surface area contributed by atoms with Crippen molar-refractivity contribution >= 4 is 6.09 Å². The Balaban J connectivity index is 2.56. The first-order valence-electron chi connectivity index (χ1n) is 5.82. The zero-order valence-electron chi connectivity index (χ0n) is 10.6. The Kier molecular flexibility index (Phi) is 4.33. The number of ether oxygens (including phenoxy) is 1. The lowest BCUT2D eigenvalue weighted by Crippen LogP contribution is -2.46. The Morgan fingerprint density at radius 2 is 2.24 bits per heavy atom. The summed E-state index contributed by atoms with van der Waals surface area (Å²) in [6, 6.07) is 1.96. The van der Waals surface area contributed by atoms with Crippen molar-refractivity contribution in [2.75, 3.05) is 13.1 Å². The molecule has 0 aromatic heterocycles. The van der Waals surface area contributed by atoms with E-state index < -0.39 is 17.9 Å². The summed E-state index contributed by atoms with van der Waals surface area (Å²) in [6.45, 7) is 6.00. The average Bonchev–Trinajstić information content (AvgIpc) is 2.19. The molecule has 0 saturated carbocycles. The Bertz CT molecular complexity index is 319. The van der Waals surface area contributed by atoms with Crippen LogP contribution < -0.4 is 0 Å². The highest BCUT2D eigenvalue weighted by Crippen LogP contribution is 2.24. The standard InChI is InChI=1S/C12H19FN2O2/c1-12(2,3)17-11(16)15-7-5-10(13)9(8-15)4-6-14/h9-10H,4-5,7-8H2,1-3H3. The Labute approximate surface area is 101 Å². The summed E-state index contributed by atoms with van der Waals surface area (Å²) >= 11 is 0. The van der Waals surface area contributed by atoms with Crippen LogP contribution in [0.2, 0.25) is 0 Å². The maximum atomic E-state index is 13.5. The van der Waals surface area contributed by atoms with Gasteiger partial charge in [-0.3, -0.25) is 0 Å². The van der Waals surface area contributed by atoms with Crippen LogP contribution in [0.15, 0.2) is 0 Å². The number of nitriles is 1. The molecule has 96 valence electrons. The minimum absolute atomic E-state index is 0.139. The maximum absolute atomic E-state index is 13.5. The van der Waals surface area contributed by atoms with Gasteiger partial charge < -0.3 is 9.64 Å². The summed E-state index contributed by atoms with van der Waals surface area (Å²) in [7, 11) is 0. The number of rotatable bonds is 1. The third kappa shape index (κ3) is 4.22. The van der Waals surface area contributed by atoms with Gasteiger partial charge in [0.1, 0.15) is 11.8 Å². The van der Waals surface area contributed by atoms with Crippen molar-refractivity contribution in [1.29, 1.82) is 5.26 Å². The normalized spacial score (nSPS) is 25.2. The molecule has 1 saturated heterocycles. The highest BCUT2D eigenvalue weighted by atomic mass is 19.1. The molecule has 1 heterocycles. The molecule has 17 heavy (non-hydrogen) atoms. The van der Waals surface area contributed by atoms with Crippen molar-refractivity contribution in [1.82, 2.24) is 4.90 Å². The highest BCUT2D eigenvalue weighted by molar-refractivity contribution is 5.68. The van der Waals surface area contributed by atoms with Crippen molar-refractivity contribution in [2.24, 2.45) is 5.92 Å². The second kappa shape index (κ2) is 5.35. The summed E-state index contributed by atoms with van der Waals surface area (Å²) in [6.07, 6.45) is -0.993. The van der Waals surface area contributed by atoms with Gasteiger partial charge in [0.05, 0.1) is 6.07 Å². The molecule has 0 N–H and O–H groups in total. The van der Waals surface area contributed by atoms with E-state index >= 15 is 0 Å². The van der Waals surface area contributed by atoms with Gasteiger partial charge in [-0.05, 0) is 27.2 Å². The van der Waals surface area contributed by atoms with E-state index in [0.29, 0.717) is 6.54 Å². The molecule has 0 radical (unpaired) electrons. The van der Waals surface area contributed by atoms with E-state index in [0.717, 1.165) is 0 Å². The van der Waals surface area contributed by atoms with Crippen LogP contribution in [0.25, 0.3) is 0 Å². The molecule has 1 fully saturated rings. The van der Waals surface area contributed by atoms with Gasteiger partial charge in [0.2, 0.25) is 0 Å². The molecule has 2 atom stereocenters. The van der Waals surface area contributed by atoms with Crippen molar-refractivity contribution in [3.05, 3.63) is 0 Å². The molecule has 4 nitrogen and oxygen atoms in total. The van der Waals surface area contributed by atoms with E-state index in [-0.39, 0.29) is 25.3 Å². The van der Waals surface area contributed by atoms with Gasteiger partial charge in [-0.25, -0.2) is 9.18 Å². The molecule has 1 rings (SSSR count). The first kappa shape index (κ1) is 13.8. The molecule has 0 aromatic rings. The number of likely N-dealkylation sites (tertiary alicyclic amines) is 1. The van der Waals surface area contributed by atoms with E-state index in [4.69, 9.17) is 10.00 Å². The van der Waals surface area contributed by atoms with Crippen LogP contribution in [0.5, 0.6) is 0 Å². The quantitative estimate of drug-likeness (QED) is 0.709. The lowest BCUT2D eigenvalue weighted by Gasteiger charge is -2.35. The zero-order valence-corrected chi connectivity index (χ0v) is 10.6. The Morgan fingerprint density at radius 3 is 2.76 bits per heavy atom. The molecule has 0 spiro atoms. The van der Waals surface area contributed by atoms with Crippen LogP contribution in [-0.2, 0) is 4.74 Å². The van der Waals surface area contributed by atoms with Gasteiger partial charge in [0.15, 0.2) is 0 Å². The van der Waals surface area contributed by atoms with Crippen LogP contribution in [0.3, 0.4) is 0 Å². The molecule has 0 bridgehead atoms. The summed E-state index contributed by atoms with van der Waals surface area (Å²) in [5.74, 6) is -0.388. The average molecular weight is 242 g/mol. The van der Waals surface area contributed by atoms with E-state index in [9.17, 15) is 9.18 Å². The van der Waals surface area contributed by atoms with E-state index in [1.807, 2.05) is 6.07 Å². The molecule has 0 aliphatic carbocycles. The lowest BCUT2D eigenvalue weighted by molar-refractivity contribution is 0.00719. The Morgan fingerprint density at radius 1 is 1.59 bits per heavy atom. The SMILES string of the molecule is CC(C)(C)OC(=O)N1CCC(F)C(CC#N)C1. The first-order valence-corrected chi connectivity index (χ1v) is 5.82. The smallest absolute Gasteiger partial charge is 0.410 e. The number of carbonyl (C=O) groups is 1. The summed E-state index contributed by atoms with van der Waals surface area (Å²) in [5.41, 5.74) is -0.547. The predicted molar refractivity (Wildman–Crippen MR) is 61.0 cm³/mol. The van der Waals surface area contributed by atoms with Crippen molar-refractivity contribution < 1.29 is 13.9 Å². The van der Waals surface area contributed by atoms with E-state index in [2.05, 4.69) is 0 Å². The summed E-state index contributed by atoms with van der Waals surface area (Å²) < 4.78 is 18.7. The van der Waals surface area contributed by atoms with Crippen LogP contribution in [0.1, 0.15) is 33.6 Å². The number of amides is 1. The molecule has 0 aromatic carbocycles. The van der Waals surface area contributed by atoms with Crippen LogP contribution >= 0.6 is 0 Å². The molecular formula is C12H19FN2O2. The summed E-state index contributed by atoms with van der Waals surface area (Å²) in [4.78, 5) is 13.3. The third-order valence-electron chi connectivity index (χ3n) is 2.65. The van der Waals surface area contributed by atoms with Crippen LogP contribution in [0.4, 0.5) is 9.18 Å². The highest BCUT2D eigenvalue weighted by Gasteiger charge is 2.33. The molecule has 1 aliphatic heterocycles. The number of carbonyl (C=O) groups excluding carboxylic acids is 1. The van der Waals surface area contributed by atoms with Gasteiger partial charge in [0.25, 0.3) is 0 Å². The van der Waals surface area contributed by atoms with Crippen LogP contribution in [-0.4, -0.2) is 35.9 Å². The fourth-order valence-corrected chi connectivity index (χ4v) is 1.81. The topological polar surface area (TPSA) is 53.3 Å². The number of alkyl halides is 1. The zero-order chi connectivity index (χ0) is 13.1. The lowest BCUT2D eigenvalue weighted by atomic mass is 9.94. The van der Waals surface area contributed by atoms with Crippen molar-refractivity contribution in [2.45, 2.75) is 45.4 Å². The minimum atomic E-state index is -0.992. The maximum Gasteiger partial charge on any atom is 0.410 e.